The smallest absolute Gasteiger partial charge is 0.326 e. The van der Waals surface area contributed by atoms with Crippen LogP contribution in [-0.4, -0.2) is 34.5 Å². The molecule has 100 valence electrons. The van der Waals surface area contributed by atoms with Gasteiger partial charge in [-0.05, 0) is 49.9 Å². The van der Waals surface area contributed by atoms with Gasteiger partial charge in [0.05, 0.1) is 0 Å². The van der Waals surface area contributed by atoms with Crippen molar-refractivity contribution in [1.82, 2.24) is 4.90 Å². The van der Waals surface area contributed by atoms with Gasteiger partial charge in [0.1, 0.15) is 6.04 Å². The largest absolute Gasteiger partial charge is 0.480 e. The minimum absolute atomic E-state index is 0.0810. The van der Waals surface area contributed by atoms with Crippen LogP contribution >= 0.6 is 0 Å². The van der Waals surface area contributed by atoms with E-state index in [-0.39, 0.29) is 5.91 Å². The van der Waals surface area contributed by atoms with Crippen molar-refractivity contribution in [3.63, 3.8) is 0 Å². The summed E-state index contributed by atoms with van der Waals surface area (Å²) >= 11 is 0. The number of carboxylic acids is 1. The summed E-state index contributed by atoms with van der Waals surface area (Å²) in [6, 6.07) is -0.559. The van der Waals surface area contributed by atoms with Crippen LogP contribution < -0.4 is 0 Å². The molecule has 1 saturated heterocycles. The van der Waals surface area contributed by atoms with E-state index in [1.807, 2.05) is 0 Å². The van der Waals surface area contributed by atoms with E-state index in [2.05, 4.69) is 0 Å². The first-order chi connectivity index (χ1) is 8.65. The van der Waals surface area contributed by atoms with E-state index in [1.54, 1.807) is 4.90 Å². The lowest BCUT2D eigenvalue weighted by Gasteiger charge is -2.26. The molecular weight excluding hydrogens is 230 g/mol. The molecule has 2 bridgehead atoms. The van der Waals surface area contributed by atoms with E-state index >= 15 is 0 Å². The Kier molecular flexibility index (Phi) is 3.04. The highest BCUT2D eigenvalue weighted by atomic mass is 16.4. The number of carboxylic acid groups (broad SMARTS) is 1. The number of fused-ring (bicyclic) bond motifs is 2. The molecule has 2 saturated carbocycles. The fourth-order valence-corrected chi connectivity index (χ4v) is 4.29. The number of amides is 1. The van der Waals surface area contributed by atoms with Crippen molar-refractivity contribution in [2.45, 2.75) is 51.0 Å². The first kappa shape index (κ1) is 12.0. The number of nitrogens with zero attached hydrogens (tertiary/aromatic N) is 1. The monoisotopic (exact) mass is 251 g/mol. The number of likely N-dealkylation sites (tertiary alicyclic amines) is 1. The van der Waals surface area contributed by atoms with E-state index in [0.717, 1.165) is 18.3 Å². The van der Waals surface area contributed by atoms with Crippen LogP contribution in [0.2, 0.25) is 0 Å². The minimum atomic E-state index is -0.839. The van der Waals surface area contributed by atoms with Gasteiger partial charge in [-0.3, -0.25) is 4.79 Å². The molecule has 1 heterocycles. The highest BCUT2D eigenvalue weighted by Crippen LogP contribution is 2.49. The number of carbonyl (C=O) groups is 2. The van der Waals surface area contributed by atoms with Crippen LogP contribution in [-0.2, 0) is 9.59 Å². The molecule has 3 aliphatic rings. The van der Waals surface area contributed by atoms with Gasteiger partial charge in [-0.2, -0.15) is 0 Å². The molecule has 3 fully saturated rings. The Hall–Kier alpha value is -1.06. The Balaban J connectivity index is 1.59. The Bertz CT molecular complexity index is 368. The van der Waals surface area contributed by atoms with Crippen LogP contribution in [0.25, 0.3) is 0 Å². The molecule has 0 radical (unpaired) electrons. The molecule has 3 rings (SSSR count). The van der Waals surface area contributed by atoms with E-state index in [0.29, 0.717) is 25.3 Å². The lowest BCUT2D eigenvalue weighted by molar-refractivity contribution is -0.148. The first-order valence-electron chi connectivity index (χ1n) is 7.17. The highest BCUT2D eigenvalue weighted by molar-refractivity contribution is 5.84. The molecule has 4 heteroatoms. The van der Waals surface area contributed by atoms with Gasteiger partial charge >= 0.3 is 5.97 Å². The van der Waals surface area contributed by atoms with E-state index in [4.69, 9.17) is 5.11 Å². The standard InChI is InChI=1S/C14H21NO3/c16-13(15-5-1-2-12(15)14(17)18)8-11-7-9-3-4-10(11)6-9/h9-12H,1-8H2,(H,17,18)/t9?,10?,11?,12-/m0/s1. The summed E-state index contributed by atoms with van der Waals surface area (Å²) in [5.74, 6) is 1.36. The van der Waals surface area contributed by atoms with Crippen molar-refractivity contribution in [3.8, 4) is 0 Å². The predicted octanol–water partition coefficient (Wildman–Crippen LogP) is 1.89. The Morgan fingerprint density at radius 3 is 2.61 bits per heavy atom. The van der Waals surface area contributed by atoms with Crippen molar-refractivity contribution in [3.05, 3.63) is 0 Å². The van der Waals surface area contributed by atoms with Crippen molar-refractivity contribution in [2.75, 3.05) is 6.54 Å². The van der Waals surface area contributed by atoms with Gasteiger partial charge < -0.3 is 10.0 Å². The predicted molar refractivity (Wildman–Crippen MR) is 65.9 cm³/mol. The third-order valence-corrected chi connectivity index (χ3v) is 5.18. The van der Waals surface area contributed by atoms with Gasteiger partial charge in [-0.25, -0.2) is 4.79 Å². The van der Waals surface area contributed by atoms with Gasteiger partial charge in [-0.15, -0.1) is 0 Å². The maximum absolute atomic E-state index is 12.3. The molecule has 0 aromatic carbocycles. The molecule has 0 spiro atoms. The molecular formula is C14H21NO3. The molecule has 1 amide bonds. The maximum Gasteiger partial charge on any atom is 0.326 e. The van der Waals surface area contributed by atoms with Crippen LogP contribution in [0.5, 0.6) is 0 Å². The summed E-state index contributed by atoms with van der Waals surface area (Å²) < 4.78 is 0. The van der Waals surface area contributed by atoms with E-state index in [1.165, 1.54) is 25.7 Å². The third-order valence-electron chi connectivity index (χ3n) is 5.18. The molecule has 4 nitrogen and oxygen atoms in total. The van der Waals surface area contributed by atoms with Crippen molar-refractivity contribution in [2.24, 2.45) is 17.8 Å². The second-order valence-electron chi connectivity index (χ2n) is 6.22. The van der Waals surface area contributed by atoms with Gasteiger partial charge in [0.25, 0.3) is 0 Å². The number of aliphatic carboxylic acids is 1. The first-order valence-corrected chi connectivity index (χ1v) is 7.17. The lowest BCUT2D eigenvalue weighted by atomic mass is 9.86. The van der Waals surface area contributed by atoms with Crippen molar-refractivity contribution < 1.29 is 14.7 Å². The maximum atomic E-state index is 12.3. The number of hydrogen-bond acceptors (Lipinski definition) is 2. The van der Waals surface area contributed by atoms with Crippen LogP contribution in [0.3, 0.4) is 0 Å². The summed E-state index contributed by atoms with van der Waals surface area (Å²) in [5, 5.41) is 9.10. The zero-order valence-corrected chi connectivity index (χ0v) is 10.7. The highest BCUT2D eigenvalue weighted by Gasteiger charge is 2.42. The summed E-state index contributed by atoms with van der Waals surface area (Å²) in [6.07, 6.45) is 7.17. The molecule has 1 N–H and O–H groups in total. The SMILES string of the molecule is O=C(O)[C@@H]1CCCN1C(=O)CC1CC2CCC1C2. The van der Waals surface area contributed by atoms with Gasteiger partial charge in [-0.1, -0.05) is 6.42 Å². The number of hydrogen-bond donors (Lipinski definition) is 1. The topological polar surface area (TPSA) is 57.6 Å². The number of rotatable bonds is 3. The summed E-state index contributed by atoms with van der Waals surface area (Å²) in [4.78, 5) is 24.9. The second kappa shape index (κ2) is 4.56. The summed E-state index contributed by atoms with van der Waals surface area (Å²) in [6.45, 7) is 0.636. The molecule has 2 aliphatic carbocycles. The second-order valence-corrected chi connectivity index (χ2v) is 6.22. The zero-order chi connectivity index (χ0) is 12.7. The Morgan fingerprint density at radius 2 is 2.00 bits per heavy atom. The molecule has 0 aromatic heterocycles. The van der Waals surface area contributed by atoms with Gasteiger partial charge in [0.2, 0.25) is 5.91 Å². The summed E-state index contributed by atoms with van der Waals surface area (Å²) in [7, 11) is 0. The average Bonchev–Trinajstić information content (AvgIpc) is 3.04. The normalized spacial score (nSPS) is 38.3. The molecule has 4 atom stereocenters. The van der Waals surface area contributed by atoms with E-state index in [9.17, 15) is 9.59 Å². The molecule has 1 aliphatic heterocycles. The van der Waals surface area contributed by atoms with Crippen molar-refractivity contribution in [1.29, 1.82) is 0 Å². The van der Waals surface area contributed by atoms with E-state index < -0.39 is 12.0 Å². The van der Waals surface area contributed by atoms with Crippen LogP contribution in [0, 0.1) is 17.8 Å². The van der Waals surface area contributed by atoms with Crippen LogP contribution in [0.4, 0.5) is 0 Å². The number of carbonyl (C=O) groups excluding carboxylic acids is 1. The minimum Gasteiger partial charge on any atom is -0.480 e. The fourth-order valence-electron chi connectivity index (χ4n) is 4.29. The zero-order valence-electron chi connectivity index (χ0n) is 10.7. The Labute approximate surface area is 107 Å². The summed E-state index contributed by atoms with van der Waals surface area (Å²) in [5.41, 5.74) is 0. The molecule has 0 aromatic rings. The van der Waals surface area contributed by atoms with Crippen molar-refractivity contribution >= 4 is 11.9 Å². The van der Waals surface area contributed by atoms with Gasteiger partial charge in [0, 0.05) is 13.0 Å². The Morgan fingerprint density at radius 1 is 1.17 bits per heavy atom. The van der Waals surface area contributed by atoms with Gasteiger partial charge in [0.15, 0.2) is 0 Å². The average molecular weight is 251 g/mol. The van der Waals surface area contributed by atoms with Crippen LogP contribution in [0.15, 0.2) is 0 Å². The fraction of sp³-hybridized carbons (Fsp3) is 0.857. The third kappa shape index (κ3) is 2.02. The quantitative estimate of drug-likeness (QED) is 0.833. The van der Waals surface area contributed by atoms with Crippen LogP contribution in [0.1, 0.15) is 44.9 Å². The molecule has 18 heavy (non-hydrogen) atoms. The molecule has 3 unspecified atom stereocenters. The lowest BCUT2D eigenvalue weighted by Crippen LogP contribution is -2.41.